The van der Waals surface area contributed by atoms with Crippen molar-refractivity contribution in [3.05, 3.63) is 132 Å². The van der Waals surface area contributed by atoms with E-state index in [-0.39, 0.29) is 5.41 Å². The van der Waals surface area contributed by atoms with Crippen LogP contribution in [0.3, 0.4) is 0 Å². The van der Waals surface area contributed by atoms with Crippen molar-refractivity contribution in [1.29, 1.82) is 0 Å². The zero-order chi connectivity index (χ0) is 28.2. The van der Waals surface area contributed by atoms with Gasteiger partial charge in [-0.05, 0) is 82.6 Å². The summed E-state index contributed by atoms with van der Waals surface area (Å²) in [4.78, 5) is 0. The zero-order valence-corrected chi connectivity index (χ0v) is 24.9. The summed E-state index contributed by atoms with van der Waals surface area (Å²) in [6, 6.07) is 34.8. The Bertz CT molecular complexity index is 2320. The third kappa shape index (κ3) is 3.19. The minimum atomic E-state index is 0.0247. The topological polar surface area (TPSA) is 4.93 Å². The molecule has 0 amide bonds. The smallest absolute Gasteiger partial charge is 0.0560 e. The summed E-state index contributed by atoms with van der Waals surface area (Å²) in [5.41, 5.74) is 12.2. The molecule has 2 heteroatoms. The molecule has 9 rings (SSSR count). The minimum Gasteiger partial charge on any atom is -0.333 e. The van der Waals surface area contributed by atoms with E-state index >= 15 is 0 Å². The number of nitrogens with zero attached hydrogens (tertiary/aromatic N) is 1. The Labute approximate surface area is 250 Å². The second kappa shape index (κ2) is 8.56. The third-order valence-electron chi connectivity index (χ3n) is 9.88. The van der Waals surface area contributed by atoms with Crippen molar-refractivity contribution in [2.45, 2.75) is 38.6 Å². The molecule has 0 fully saturated rings. The lowest BCUT2D eigenvalue weighted by Gasteiger charge is -2.21. The van der Waals surface area contributed by atoms with Gasteiger partial charge < -0.3 is 4.57 Å². The van der Waals surface area contributed by atoms with Gasteiger partial charge >= 0.3 is 0 Å². The van der Waals surface area contributed by atoms with Crippen LogP contribution >= 0.6 is 11.3 Å². The van der Waals surface area contributed by atoms with Gasteiger partial charge in [-0.15, -0.1) is 11.3 Å². The molecular weight excluding hydrogens is 527 g/mol. The molecule has 0 saturated carbocycles. The van der Waals surface area contributed by atoms with Gasteiger partial charge in [-0.2, -0.15) is 0 Å². The standard InChI is InChI=1S/C40H31NS/c1-24-38-29-14-8-10-16-36(29)42-37(38)23-32-31-22-26(18-20-35(31)41(39(24)32)27-11-5-4-6-12-27)25-17-19-34-30(21-25)28-13-7-9-15-33(28)40(34,2)3/h4-11,13-23,27H,12H2,1-3H3. The number of hydrogen-bond acceptors (Lipinski definition) is 1. The Balaban J connectivity index is 1.32. The predicted octanol–water partition coefficient (Wildman–Crippen LogP) is 11.5. The number of aryl methyl sites for hydroxylation is 1. The van der Waals surface area contributed by atoms with Crippen LogP contribution in [0.4, 0.5) is 0 Å². The van der Waals surface area contributed by atoms with Crippen LogP contribution in [0.1, 0.15) is 43.0 Å². The SMILES string of the molecule is Cc1c2c(cc3c4cc(-c5ccc6c(c5)-c5ccccc5C6(C)C)ccc4n(C4C=CC=CC4)c13)sc1ccccc12. The molecule has 1 unspecified atom stereocenters. The molecule has 0 N–H and O–H groups in total. The first-order chi connectivity index (χ1) is 20.5. The number of fused-ring (bicyclic) bond motifs is 9. The Kier molecular flexibility index (Phi) is 4.94. The Morgan fingerprint density at radius 3 is 2.38 bits per heavy atom. The zero-order valence-electron chi connectivity index (χ0n) is 24.1. The fourth-order valence-electron chi connectivity index (χ4n) is 7.85. The lowest BCUT2D eigenvalue weighted by molar-refractivity contribution is 0.647. The molecule has 42 heavy (non-hydrogen) atoms. The quantitative estimate of drug-likeness (QED) is 0.199. The van der Waals surface area contributed by atoms with Gasteiger partial charge in [0.2, 0.25) is 0 Å². The van der Waals surface area contributed by atoms with Crippen LogP contribution in [0.15, 0.2) is 115 Å². The summed E-state index contributed by atoms with van der Waals surface area (Å²) in [5.74, 6) is 0. The fraction of sp³-hybridized carbons (Fsp3) is 0.150. The minimum absolute atomic E-state index is 0.0247. The van der Waals surface area contributed by atoms with Crippen LogP contribution in [0.2, 0.25) is 0 Å². The number of allylic oxidation sites excluding steroid dienone is 4. The van der Waals surface area contributed by atoms with E-state index in [9.17, 15) is 0 Å². The van der Waals surface area contributed by atoms with E-state index in [1.807, 2.05) is 11.3 Å². The van der Waals surface area contributed by atoms with Gasteiger partial charge in [0.15, 0.2) is 0 Å². The van der Waals surface area contributed by atoms with Crippen molar-refractivity contribution in [1.82, 2.24) is 4.57 Å². The molecule has 0 radical (unpaired) electrons. The highest BCUT2D eigenvalue weighted by Crippen LogP contribution is 2.50. The average molecular weight is 558 g/mol. The van der Waals surface area contributed by atoms with Crippen molar-refractivity contribution < 1.29 is 0 Å². The number of aromatic nitrogens is 1. The van der Waals surface area contributed by atoms with Gasteiger partial charge in [-0.1, -0.05) is 98.8 Å². The first-order valence-corrected chi connectivity index (χ1v) is 15.8. The highest BCUT2D eigenvalue weighted by molar-refractivity contribution is 7.26. The molecule has 5 aromatic carbocycles. The van der Waals surface area contributed by atoms with E-state index in [0.29, 0.717) is 6.04 Å². The molecule has 1 atom stereocenters. The molecule has 1 nitrogen and oxygen atoms in total. The number of benzene rings is 5. The molecule has 2 heterocycles. The van der Waals surface area contributed by atoms with Gasteiger partial charge in [0, 0.05) is 41.9 Å². The highest BCUT2D eigenvalue weighted by Gasteiger charge is 2.35. The molecule has 2 aliphatic rings. The monoisotopic (exact) mass is 557 g/mol. The molecular formula is C40H31NS. The molecule has 0 aliphatic heterocycles. The van der Waals surface area contributed by atoms with Gasteiger partial charge in [-0.3, -0.25) is 0 Å². The first kappa shape index (κ1) is 24.2. The summed E-state index contributed by atoms with van der Waals surface area (Å²) in [7, 11) is 0. The second-order valence-electron chi connectivity index (χ2n) is 12.5. The number of hydrogen-bond donors (Lipinski definition) is 0. The van der Waals surface area contributed by atoms with Crippen molar-refractivity contribution in [2.75, 3.05) is 0 Å². The summed E-state index contributed by atoms with van der Waals surface area (Å²) in [6.45, 7) is 7.04. The Hall–Kier alpha value is -4.40. The molecule has 7 aromatic rings. The van der Waals surface area contributed by atoms with Crippen molar-refractivity contribution >= 4 is 53.3 Å². The maximum atomic E-state index is 2.61. The normalized spacial score (nSPS) is 17.1. The molecule has 2 aromatic heterocycles. The fourth-order valence-corrected chi connectivity index (χ4v) is 9.06. The third-order valence-corrected chi connectivity index (χ3v) is 11.0. The molecule has 0 bridgehead atoms. The van der Waals surface area contributed by atoms with Crippen molar-refractivity contribution in [3.63, 3.8) is 0 Å². The van der Waals surface area contributed by atoms with Crippen LogP contribution in [-0.4, -0.2) is 4.57 Å². The maximum Gasteiger partial charge on any atom is 0.0560 e. The van der Waals surface area contributed by atoms with Crippen molar-refractivity contribution in [3.8, 4) is 22.3 Å². The van der Waals surface area contributed by atoms with E-state index < -0.39 is 0 Å². The molecule has 202 valence electrons. The summed E-state index contributed by atoms with van der Waals surface area (Å²) < 4.78 is 5.35. The predicted molar refractivity (Wildman–Crippen MR) is 182 cm³/mol. The first-order valence-electron chi connectivity index (χ1n) is 15.0. The van der Waals surface area contributed by atoms with E-state index in [1.165, 1.54) is 80.9 Å². The number of rotatable bonds is 2. The lowest BCUT2D eigenvalue weighted by Crippen LogP contribution is -2.14. The van der Waals surface area contributed by atoms with Crippen molar-refractivity contribution in [2.24, 2.45) is 0 Å². The van der Waals surface area contributed by atoms with Gasteiger partial charge in [0.25, 0.3) is 0 Å². The van der Waals surface area contributed by atoms with E-state index in [4.69, 9.17) is 0 Å². The number of thiophene rings is 1. The van der Waals surface area contributed by atoms with Crippen LogP contribution in [0.25, 0.3) is 64.2 Å². The molecule has 0 saturated heterocycles. The van der Waals surface area contributed by atoms with Crippen LogP contribution < -0.4 is 0 Å². The van der Waals surface area contributed by atoms with Crippen LogP contribution in [-0.2, 0) is 5.41 Å². The average Bonchev–Trinajstić information content (AvgIpc) is 3.64. The van der Waals surface area contributed by atoms with Crippen LogP contribution in [0, 0.1) is 6.92 Å². The summed E-state index contributed by atoms with van der Waals surface area (Å²) in [6.07, 6.45) is 10.1. The Morgan fingerprint density at radius 2 is 1.50 bits per heavy atom. The maximum absolute atomic E-state index is 2.61. The summed E-state index contributed by atoms with van der Waals surface area (Å²) >= 11 is 1.92. The lowest BCUT2D eigenvalue weighted by atomic mass is 9.82. The van der Waals surface area contributed by atoms with Crippen LogP contribution in [0.5, 0.6) is 0 Å². The van der Waals surface area contributed by atoms with Gasteiger partial charge in [0.05, 0.1) is 11.6 Å². The molecule has 0 spiro atoms. The molecule has 2 aliphatic carbocycles. The highest BCUT2D eigenvalue weighted by atomic mass is 32.1. The van der Waals surface area contributed by atoms with E-state index in [0.717, 1.165) is 6.42 Å². The summed E-state index contributed by atoms with van der Waals surface area (Å²) in [5, 5.41) is 5.48. The van der Waals surface area contributed by atoms with Gasteiger partial charge in [-0.25, -0.2) is 0 Å². The Morgan fingerprint density at radius 1 is 0.714 bits per heavy atom. The largest absolute Gasteiger partial charge is 0.333 e. The van der Waals surface area contributed by atoms with Gasteiger partial charge in [0.1, 0.15) is 0 Å². The van der Waals surface area contributed by atoms with E-state index in [2.05, 4.69) is 141 Å². The second-order valence-corrected chi connectivity index (χ2v) is 13.6. The van der Waals surface area contributed by atoms with E-state index in [1.54, 1.807) is 0 Å².